The zero-order valence-electron chi connectivity index (χ0n) is 24.4. The van der Waals surface area contributed by atoms with Gasteiger partial charge in [0.2, 0.25) is 0 Å². The molecule has 40 heavy (non-hydrogen) atoms. The highest BCUT2D eigenvalue weighted by Gasteiger charge is 2.42. The summed E-state index contributed by atoms with van der Waals surface area (Å²) < 4.78 is 27.1. The molecule has 0 spiro atoms. The van der Waals surface area contributed by atoms with E-state index in [9.17, 15) is 8.78 Å². The number of nitrogens with zero attached hydrogens (tertiary/aromatic N) is 2. The van der Waals surface area contributed by atoms with Gasteiger partial charge in [-0.1, -0.05) is 74.8 Å². The fourth-order valence-electron chi connectivity index (χ4n) is 3.60. The second kappa shape index (κ2) is 17.5. The van der Waals surface area contributed by atoms with Crippen LogP contribution < -0.4 is 11.5 Å². The van der Waals surface area contributed by atoms with Gasteiger partial charge >= 0.3 is 0 Å². The molecule has 2 aliphatic rings. The van der Waals surface area contributed by atoms with Crippen LogP contribution in [0.25, 0.3) is 11.3 Å². The Morgan fingerprint density at radius 3 is 2.27 bits per heavy atom. The minimum atomic E-state index is -0.774. The van der Waals surface area contributed by atoms with E-state index < -0.39 is 11.6 Å². The molecule has 1 fully saturated rings. The SMILES string of the molecule is C/C=C\N=C(C)C#CCN.C=C(C)c1ccccc1CC.C=CN.CC1(c2cc(C3=CC=N3)cc(F)c2F)CC1. The molecule has 0 radical (unpaired) electrons. The van der Waals surface area contributed by atoms with E-state index in [1.165, 1.54) is 23.4 Å². The molecule has 4 rings (SSSR count). The normalized spacial score (nSPS) is 13.9. The summed E-state index contributed by atoms with van der Waals surface area (Å²) in [6.45, 7) is 17.4. The Bertz CT molecular complexity index is 1330. The van der Waals surface area contributed by atoms with Crippen LogP contribution in [-0.4, -0.2) is 18.5 Å². The number of benzene rings is 2. The van der Waals surface area contributed by atoms with Crippen molar-refractivity contribution in [2.75, 3.05) is 6.54 Å². The number of aryl methyl sites for hydroxylation is 1. The maximum Gasteiger partial charge on any atom is 0.162 e. The molecule has 212 valence electrons. The van der Waals surface area contributed by atoms with E-state index in [1.807, 2.05) is 26.8 Å². The van der Waals surface area contributed by atoms with Crippen LogP contribution in [0.5, 0.6) is 0 Å². The average Bonchev–Trinajstić information content (AvgIpc) is 3.66. The van der Waals surface area contributed by atoms with Crippen molar-refractivity contribution in [1.29, 1.82) is 0 Å². The van der Waals surface area contributed by atoms with Crippen molar-refractivity contribution >= 4 is 23.2 Å². The third kappa shape index (κ3) is 11.0. The van der Waals surface area contributed by atoms with Gasteiger partial charge in [0.05, 0.1) is 18.0 Å². The van der Waals surface area contributed by atoms with Crippen LogP contribution >= 0.6 is 0 Å². The molecule has 4 nitrogen and oxygen atoms in total. The van der Waals surface area contributed by atoms with Crippen molar-refractivity contribution in [3.63, 3.8) is 0 Å². The van der Waals surface area contributed by atoms with Gasteiger partial charge in [0, 0.05) is 18.0 Å². The van der Waals surface area contributed by atoms with Crippen molar-refractivity contribution in [3.8, 4) is 11.8 Å². The van der Waals surface area contributed by atoms with Crippen LogP contribution in [0.2, 0.25) is 0 Å². The van der Waals surface area contributed by atoms with Crippen LogP contribution in [0.3, 0.4) is 0 Å². The second-order valence-electron chi connectivity index (χ2n) is 9.44. The van der Waals surface area contributed by atoms with Crippen molar-refractivity contribution in [1.82, 2.24) is 0 Å². The van der Waals surface area contributed by atoms with Crippen LogP contribution in [0.15, 0.2) is 84.1 Å². The molecule has 4 N–H and O–H groups in total. The summed E-state index contributed by atoms with van der Waals surface area (Å²) in [5.41, 5.74) is 16.1. The minimum absolute atomic E-state index is 0.172. The Balaban J connectivity index is 0.000000297. The Labute approximate surface area is 239 Å². The predicted molar refractivity (Wildman–Crippen MR) is 169 cm³/mol. The Morgan fingerprint density at radius 1 is 1.20 bits per heavy atom. The Kier molecular flexibility index (Phi) is 14.8. The maximum atomic E-state index is 13.7. The molecule has 6 heteroatoms. The fraction of sp³-hybridized carbons (Fsp3) is 0.294. The lowest BCUT2D eigenvalue weighted by Crippen LogP contribution is -2.07. The van der Waals surface area contributed by atoms with Crippen LogP contribution in [-0.2, 0) is 11.8 Å². The summed E-state index contributed by atoms with van der Waals surface area (Å²) in [6, 6.07) is 11.4. The van der Waals surface area contributed by atoms with Gasteiger partial charge < -0.3 is 11.5 Å². The Hall–Kier alpha value is -4.08. The number of halogens is 2. The van der Waals surface area contributed by atoms with Gasteiger partial charge in [-0.05, 0) is 86.5 Å². The summed E-state index contributed by atoms with van der Waals surface area (Å²) in [4.78, 5) is 7.99. The molecule has 1 heterocycles. The van der Waals surface area contributed by atoms with Crippen molar-refractivity contribution < 1.29 is 8.78 Å². The number of hydrogen-bond acceptors (Lipinski definition) is 4. The number of allylic oxidation sites excluding steroid dienone is 3. The quantitative estimate of drug-likeness (QED) is 0.298. The molecule has 0 saturated heterocycles. The minimum Gasteiger partial charge on any atom is -0.405 e. The van der Waals surface area contributed by atoms with Crippen LogP contribution in [0, 0.1) is 23.5 Å². The summed E-state index contributed by atoms with van der Waals surface area (Å²) in [5.74, 6) is 4.04. The van der Waals surface area contributed by atoms with Gasteiger partial charge in [0.1, 0.15) is 0 Å². The van der Waals surface area contributed by atoms with Gasteiger partial charge in [-0.3, -0.25) is 9.98 Å². The maximum absolute atomic E-state index is 13.7. The highest BCUT2D eigenvalue weighted by molar-refractivity contribution is 5.98. The van der Waals surface area contributed by atoms with E-state index in [0.717, 1.165) is 36.2 Å². The third-order valence-electron chi connectivity index (χ3n) is 6.07. The molecule has 0 amide bonds. The number of rotatable bonds is 5. The predicted octanol–water partition coefficient (Wildman–Crippen LogP) is 7.76. The summed E-state index contributed by atoms with van der Waals surface area (Å²) in [5, 5.41) is 0. The second-order valence-corrected chi connectivity index (χ2v) is 9.44. The number of aliphatic imine (C=N–C) groups is 2. The van der Waals surface area contributed by atoms with Crippen molar-refractivity contribution in [2.45, 2.75) is 59.3 Å². The molecular formula is C34H42F2N4. The molecule has 0 bridgehead atoms. The first-order chi connectivity index (χ1) is 19.1. The lowest BCUT2D eigenvalue weighted by Gasteiger charge is -2.14. The van der Waals surface area contributed by atoms with Crippen LogP contribution in [0.1, 0.15) is 69.7 Å². The fourth-order valence-corrected chi connectivity index (χ4v) is 3.60. The first-order valence-corrected chi connectivity index (χ1v) is 13.2. The van der Waals surface area contributed by atoms with Gasteiger partial charge in [0.25, 0.3) is 0 Å². The third-order valence-corrected chi connectivity index (χ3v) is 6.07. The molecule has 0 atom stereocenters. The van der Waals surface area contributed by atoms with E-state index in [4.69, 9.17) is 5.73 Å². The molecule has 1 saturated carbocycles. The van der Waals surface area contributed by atoms with Gasteiger partial charge in [-0.2, -0.15) is 0 Å². The average molecular weight is 545 g/mol. The standard InChI is InChI=1S/C13H11F2N.C11H14.C8H12N2.C2H5N/c1-13(3-4-13)9-6-8(11-2-5-16-11)7-10(14)12(9)15;1-4-10-7-5-6-8-11(10)9(2)3;1-3-7-10-8(2)5-4-6-9;1-2-3/h2,5-7H,3-4H2,1H3;5-8H,2,4H2,1,3H3;3,7H,6,9H2,1-2H3;2H,1,3H2/b;;7-3-,10-8?;. The molecule has 1 aliphatic carbocycles. The highest BCUT2D eigenvalue weighted by atomic mass is 19.2. The largest absolute Gasteiger partial charge is 0.405 e. The zero-order valence-corrected chi connectivity index (χ0v) is 24.4. The van der Waals surface area contributed by atoms with E-state index >= 15 is 0 Å². The smallest absolute Gasteiger partial charge is 0.162 e. The van der Waals surface area contributed by atoms with Crippen LogP contribution in [0.4, 0.5) is 8.78 Å². The molecular weight excluding hydrogens is 502 g/mol. The topological polar surface area (TPSA) is 76.8 Å². The lowest BCUT2D eigenvalue weighted by atomic mass is 9.94. The van der Waals surface area contributed by atoms with Crippen molar-refractivity contribution in [3.05, 3.63) is 108 Å². The first kappa shape index (κ1) is 33.9. The molecule has 0 aromatic heterocycles. The number of hydrogen-bond donors (Lipinski definition) is 2. The van der Waals surface area contributed by atoms with E-state index in [0.29, 0.717) is 17.7 Å². The van der Waals surface area contributed by atoms with E-state index in [-0.39, 0.29) is 5.41 Å². The highest BCUT2D eigenvalue weighted by Crippen LogP contribution is 2.49. The lowest BCUT2D eigenvalue weighted by molar-refractivity contribution is 0.488. The summed E-state index contributed by atoms with van der Waals surface area (Å²) in [6.07, 6.45) is 11.2. The molecule has 2 aromatic carbocycles. The number of nitrogens with two attached hydrogens (primary N) is 2. The van der Waals surface area contributed by atoms with Gasteiger partial charge in [0.15, 0.2) is 11.6 Å². The van der Waals surface area contributed by atoms with Gasteiger partial charge in [-0.25, -0.2) is 8.78 Å². The van der Waals surface area contributed by atoms with E-state index in [2.05, 4.69) is 78.8 Å². The zero-order chi connectivity index (χ0) is 30.1. The molecule has 2 aromatic rings. The van der Waals surface area contributed by atoms with E-state index in [1.54, 1.807) is 24.6 Å². The first-order valence-electron chi connectivity index (χ1n) is 13.2. The molecule has 1 aliphatic heterocycles. The molecule has 0 unspecified atom stereocenters. The summed E-state index contributed by atoms with van der Waals surface area (Å²) in [7, 11) is 0. The Morgan fingerprint density at radius 2 is 1.82 bits per heavy atom. The monoisotopic (exact) mass is 544 g/mol. The summed E-state index contributed by atoms with van der Waals surface area (Å²) >= 11 is 0. The van der Waals surface area contributed by atoms with Crippen molar-refractivity contribution in [2.24, 2.45) is 21.5 Å². The van der Waals surface area contributed by atoms with Gasteiger partial charge in [-0.15, -0.1) is 0 Å².